The number of amides is 2. The van der Waals surface area contributed by atoms with Crippen molar-refractivity contribution in [2.24, 2.45) is 5.92 Å². The molecule has 3 rings (SSSR count). The molecule has 158 valence electrons. The van der Waals surface area contributed by atoms with Gasteiger partial charge in [-0.25, -0.2) is 0 Å². The molecule has 1 N–H and O–H groups in total. The van der Waals surface area contributed by atoms with Crippen molar-refractivity contribution in [2.45, 2.75) is 58.4 Å². The molecule has 2 saturated heterocycles. The summed E-state index contributed by atoms with van der Waals surface area (Å²) in [4.78, 5) is 29.1. The molecule has 2 amide bonds. The first-order chi connectivity index (χ1) is 13.6. The summed E-state index contributed by atoms with van der Waals surface area (Å²) < 4.78 is 10.9. The van der Waals surface area contributed by atoms with Crippen LogP contribution in [0.25, 0.3) is 0 Å². The van der Waals surface area contributed by atoms with Gasteiger partial charge in [0.2, 0.25) is 11.7 Å². The Morgan fingerprint density at radius 2 is 1.86 bits per heavy atom. The summed E-state index contributed by atoms with van der Waals surface area (Å²) in [5.41, 5.74) is 0. The number of carbonyl (C=O) groups excluding carboxylic acids is 2. The van der Waals surface area contributed by atoms with Crippen molar-refractivity contribution in [3.05, 3.63) is 11.5 Å². The average molecular weight is 394 g/mol. The fourth-order valence-electron chi connectivity index (χ4n) is 4.48. The van der Waals surface area contributed by atoms with Crippen LogP contribution in [0.2, 0.25) is 0 Å². The summed E-state index contributed by atoms with van der Waals surface area (Å²) in [5.74, 6) is 1.54. The Bertz CT molecular complexity index is 584. The van der Waals surface area contributed by atoms with E-state index in [0.717, 1.165) is 52.0 Å². The molecule has 28 heavy (non-hydrogen) atoms. The number of likely N-dealkylation sites (N-methyl/N-ethyl adjacent to an activating group) is 1. The average Bonchev–Trinajstić information content (AvgIpc) is 3.18. The topological polar surface area (TPSA) is 71.1 Å². The summed E-state index contributed by atoms with van der Waals surface area (Å²) in [6, 6.07) is 0.506. The molecule has 1 atom stereocenters. The fraction of sp³-hybridized carbons (Fsp3) is 0.810. The van der Waals surface area contributed by atoms with E-state index in [1.807, 2.05) is 4.90 Å². The lowest BCUT2D eigenvalue weighted by atomic mass is 9.92. The molecule has 7 heteroatoms. The number of hydrogen-bond donors (Lipinski definition) is 1. The van der Waals surface area contributed by atoms with Gasteiger partial charge in [0.1, 0.15) is 19.0 Å². The number of piperidine rings is 1. The maximum absolute atomic E-state index is 12.6. The van der Waals surface area contributed by atoms with Gasteiger partial charge in [0.05, 0.1) is 0 Å². The van der Waals surface area contributed by atoms with Crippen molar-refractivity contribution in [1.29, 1.82) is 0 Å². The van der Waals surface area contributed by atoms with Gasteiger partial charge in [0, 0.05) is 32.1 Å². The monoisotopic (exact) mass is 393 g/mol. The van der Waals surface area contributed by atoms with Crippen molar-refractivity contribution < 1.29 is 19.1 Å². The van der Waals surface area contributed by atoms with E-state index in [9.17, 15) is 9.59 Å². The summed E-state index contributed by atoms with van der Waals surface area (Å²) in [6.45, 7) is 9.33. The van der Waals surface area contributed by atoms with Crippen LogP contribution in [0.3, 0.4) is 0 Å². The SMILES string of the molecule is CCN1CCCC1CNC(=O)CCC1CCN(C(=O)C2=C(C)OCCO2)CC1. The second-order valence-corrected chi connectivity index (χ2v) is 8.09. The lowest BCUT2D eigenvalue weighted by molar-refractivity contribution is -0.134. The highest BCUT2D eigenvalue weighted by Gasteiger charge is 2.29. The number of rotatable bonds is 7. The van der Waals surface area contributed by atoms with E-state index < -0.39 is 0 Å². The second kappa shape index (κ2) is 10.1. The first kappa shape index (κ1) is 21.0. The fourth-order valence-corrected chi connectivity index (χ4v) is 4.48. The van der Waals surface area contributed by atoms with Crippen LogP contribution in [0, 0.1) is 5.92 Å². The largest absolute Gasteiger partial charge is 0.491 e. The molecule has 0 spiro atoms. The zero-order chi connectivity index (χ0) is 19.9. The quantitative estimate of drug-likeness (QED) is 0.715. The maximum atomic E-state index is 12.6. The Hall–Kier alpha value is -1.76. The number of ether oxygens (including phenoxy) is 2. The van der Waals surface area contributed by atoms with Gasteiger partial charge in [0.25, 0.3) is 5.91 Å². The Morgan fingerprint density at radius 1 is 1.11 bits per heavy atom. The van der Waals surface area contributed by atoms with E-state index in [-0.39, 0.29) is 11.8 Å². The second-order valence-electron chi connectivity index (χ2n) is 8.09. The molecule has 0 aliphatic carbocycles. The number of likely N-dealkylation sites (tertiary alicyclic amines) is 2. The van der Waals surface area contributed by atoms with Crippen LogP contribution in [0.4, 0.5) is 0 Å². The third-order valence-electron chi connectivity index (χ3n) is 6.28. The summed E-state index contributed by atoms with van der Waals surface area (Å²) >= 11 is 0. The van der Waals surface area contributed by atoms with E-state index in [1.54, 1.807) is 6.92 Å². The molecule has 3 heterocycles. The molecule has 0 bridgehead atoms. The van der Waals surface area contributed by atoms with Gasteiger partial charge >= 0.3 is 0 Å². The lowest BCUT2D eigenvalue weighted by Crippen LogP contribution is -2.41. The minimum absolute atomic E-state index is 0.0644. The van der Waals surface area contributed by atoms with Crippen LogP contribution < -0.4 is 5.32 Å². The highest BCUT2D eigenvalue weighted by molar-refractivity contribution is 5.92. The number of carbonyl (C=O) groups is 2. The summed E-state index contributed by atoms with van der Waals surface area (Å²) in [5, 5.41) is 3.12. The minimum atomic E-state index is -0.0644. The third-order valence-corrected chi connectivity index (χ3v) is 6.28. The lowest BCUT2D eigenvalue weighted by Gasteiger charge is -2.33. The Morgan fingerprint density at radius 3 is 2.57 bits per heavy atom. The molecule has 0 radical (unpaired) electrons. The summed E-state index contributed by atoms with van der Waals surface area (Å²) in [6.07, 6.45) is 5.79. The van der Waals surface area contributed by atoms with Crippen LogP contribution in [0.5, 0.6) is 0 Å². The summed E-state index contributed by atoms with van der Waals surface area (Å²) in [7, 11) is 0. The van der Waals surface area contributed by atoms with Crippen molar-refractivity contribution in [2.75, 3.05) is 45.9 Å². The van der Waals surface area contributed by atoms with Crippen LogP contribution in [0.1, 0.15) is 52.4 Å². The van der Waals surface area contributed by atoms with Crippen molar-refractivity contribution in [1.82, 2.24) is 15.1 Å². The van der Waals surface area contributed by atoms with E-state index in [1.165, 1.54) is 12.8 Å². The Labute approximate surface area is 168 Å². The predicted molar refractivity (Wildman–Crippen MR) is 106 cm³/mol. The molecule has 0 aromatic rings. The molecule has 3 aliphatic heterocycles. The van der Waals surface area contributed by atoms with Crippen molar-refractivity contribution >= 4 is 11.8 Å². The third kappa shape index (κ3) is 5.40. The van der Waals surface area contributed by atoms with Gasteiger partial charge in [-0.05, 0) is 58.0 Å². The van der Waals surface area contributed by atoms with Gasteiger partial charge < -0.3 is 19.7 Å². The molecule has 1 unspecified atom stereocenters. The number of nitrogens with one attached hydrogen (secondary N) is 1. The van der Waals surface area contributed by atoms with E-state index in [4.69, 9.17) is 9.47 Å². The molecule has 0 aromatic heterocycles. The molecule has 7 nitrogen and oxygen atoms in total. The van der Waals surface area contributed by atoms with Gasteiger partial charge in [-0.2, -0.15) is 0 Å². The van der Waals surface area contributed by atoms with Crippen LogP contribution in [0.15, 0.2) is 11.5 Å². The standard InChI is InChI=1S/C21H35N3O4/c1-3-23-10-4-5-18(23)15-22-19(25)7-6-17-8-11-24(12-9-17)21(26)20-16(2)27-13-14-28-20/h17-18H,3-15H2,1-2H3,(H,22,25). The molecule has 3 aliphatic rings. The number of allylic oxidation sites excluding steroid dienone is 1. The minimum Gasteiger partial charge on any atom is -0.491 e. The number of nitrogens with zero attached hydrogens (tertiary/aromatic N) is 2. The highest BCUT2D eigenvalue weighted by Crippen LogP contribution is 2.24. The van der Waals surface area contributed by atoms with E-state index in [0.29, 0.717) is 43.1 Å². The van der Waals surface area contributed by atoms with Gasteiger partial charge in [-0.3, -0.25) is 14.5 Å². The molecular weight excluding hydrogens is 358 g/mol. The smallest absolute Gasteiger partial charge is 0.292 e. The van der Waals surface area contributed by atoms with Crippen LogP contribution >= 0.6 is 0 Å². The zero-order valence-corrected chi connectivity index (χ0v) is 17.4. The zero-order valence-electron chi connectivity index (χ0n) is 17.4. The van der Waals surface area contributed by atoms with Crippen LogP contribution in [-0.2, 0) is 19.1 Å². The highest BCUT2D eigenvalue weighted by atomic mass is 16.6. The Balaban J connectivity index is 1.34. The number of hydrogen-bond acceptors (Lipinski definition) is 5. The molecular formula is C21H35N3O4. The first-order valence-corrected chi connectivity index (χ1v) is 10.8. The normalized spacial score (nSPS) is 24.1. The molecule has 0 saturated carbocycles. The maximum Gasteiger partial charge on any atom is 0.292 e. The van der Waals surface area contributed by atoms with Gasteiger partial charge in [-0.1, -0.05) is 6.92 Å². The Kier molecular flexibility index (Phi) is 7.59. The molecule has 0 aromatic carbocycles. The molecule has 2 fully saturated rings. The first-order valence-electron chi connectivity index (χ1n) is 10.8. The van der Waals surface area contributed by atoms with E-state index in [2.05, 4.69) is 17.1 Å². The van der Waals surface area contributed by atoms with E-state index >= 15 is 0 Å². The predicted octanol–water partition coefficient (Wildman–Crippen LogP) is 1.88. The van der Waals surface area contributed by atoms with Crippen LogP contribution in [-0.4, -0.2) is 73.6 Å². The van der Waals surface area contributed by atoms with Crippen molar-refractivity contribution in [3.63, 3.8) is 0 Å². The van der Waals surface area contributed by atoms with Gasteiger partial charge in [-0.15, -0.1) is 0 Å². The van der Waals surface area contributed by atoms with Gasteiger partial charge in [0.15, 0.2) is 0 Å². The van der Waals surface area contributed by atoms with Crippen molar-refractivity contribution in [3.8, 4) is 0 Å².